The molecule has 2 saturated heterocycles. The number of imidazole rings is 1. The first-order valence-electron chi connectivity index (χ1n) is 11.5. The number of carbonyl (C=O) groups is 2. The summed E-state index contributed by atoms with van der Waals surface area (Å²) in [4.78, 5) is 32.1. The molecule has 9 heteroatoms. The Morgan fingerprint density at radius 3 is 2.79 bits per heavy atom. The molecule has 34 heavy (non-hydrogen) atoms. The second kappa shape index (κ2) is 9.00. The van der Waals surface area contributed by atoms with Gasteiger partial charge < -0.3 is 19.1 Å². The molecule has 2 aliphatic rings. The van der Waals surface area contributed by atoms with Gasteiger partial charge in [-0.3, -0.25) is 9.59 Å². The van der Waals surface area contributed by atoms with Crippen molar-refractivity contribution < 1.29 is 18.7 Å². The number of benzene rings is 2. The van der Waals surface area contributed by atoms with Crippen molar-refractivity contribution in [2.45, 2.75) is 39.3 Å². The molecule has 178 valence electrons. The molecule has 3 aromatic rings. The average Bonchev–Trinajstić information content (AvgIpc) is 3.37. The fourth-order valence-electron chi connectivity index (χ4n) is 4.79. The minimum Gasteiger partial charge on any atom is -0.373 e. The number of halogens is 2. The molecule has 1 unspecified atom stereocenters. The summed E-state index contributed by atoms with van der Waals surface area (Å²) in [6.07, 6.45) is 0.932. The molecule has 0 bridgehead atoms. The number of anilines is 1. The van der Waals surface area contributed by atoms with Crippen LogP contribution in [-0.4, -0.2) is 58.6 Å². The Balaban J connectivity index is 1.58. The van der Waals surface area contributed by atoms with E-state index in [0.29, 0.717) is 50.7 Å². The Labute approximate surface area is 202 Å². The van der Waals surface area contributed by atoms with E-state index in [1.807, 2.05) is 29.7 Å². The zero-order valence-corrected chi connectivity index (χ0v) is 19.9. The number of morpholine rings is 1. The van der Waals surface area contributed by atoms with Crippen molar-refractivity contribution in [1.29, 1.82) is 0 Å². The van der Waals surface area contributed by atoms with Gasteiger partial charge in [-0.15, -0.1) is 0 Å². The fraction of sp³-hybridized carbons (Fsp3) is 0.400. The summed E-state index contributed by atoms with van der Waals surface area (Å²) in [6, 6.07) is 8.87. The van der Waals surface area contributed by atoms with Gasteiger partial charge in [0.15, 0.2) is 0 Å². The van der Waals surface area contributed by atoms with Gasteiger partial charge in [-0.1, -0.05) is 17.7 Å². The predicted molar refractivity (Wildman–Crippen MR) is 128 cm³/mol. The summed E-state index contributed by atoms with van der Waals surface area (Å²) in [7, 11) is 0. The molecule has 0 aliphatic carbocycles. The quantitative estimate of drug-likeness (QED) is 0.557. The molecule has 1 atom stereocenters. The first-order chi connectivity index (χ1) is 16.3. The maximum absolute atomic E-state index is 15.6. The van der Waals surface area contributed by atoms with Gasteiger partial charge in [0.2, 0.25) is 11.8 Å². The number of hydrogen-bond donors (Lipinski definition) is 0. The number of fused-ring (bicyclic) bond motifs is 1. The minimum absolute atomic E-state index is 0.000718. The average molecular weight is 485 g/mol. The van der Waals surface area contributed by atoms with Crippen LogP contribution in [0.15, 0.2) is 30.3 Å². The van der Waals surface area contributed by atoms with Crippen LogP contribution in [0.4, 0.5) is 10.1 Å². The van der Waals surface area contributed by atoms with Gasteiger partial charge in [-0.05, 0) is 43.2 Å². The smallest absolute Gasteiger partial charge is 0.227 e. The summed E-state index contributed by atoms with van der Waals surface area (Å²) < 4.78 is 23.4. The minimum atomic E-state index is -0.537. The molecule has 0 radical (unpaired) electrons. The Morgan fingerprint density at radius 1 is 1.26 bits per heavy atom. The second-order valence-electron chi connectivity index (χ2n) is 8.93. The molecule has 7 nitrogen and oxygen atoms in total. The molecular weight excluding hydrogens is 459 g/mol. The van der Waals surface area contributed by atoms with E-state index in [0.717, 1.165) is 23.0 Å². The SMILES string of the molecule is CC(=O)N1CCOC(Cn2c(-c3c(F)cc(N4CCCC4=O)cc3Cl)nc3cc(C)ccc32)C1. The predicted octanol–water partition coefficient (Wildman–Crippen LogP) is 4.18. The van der Waals surface area contributed by atoms with Crippen molar-refractivity contribution >= 4 is 40.1 Å². The van der Waals surface area contributed by atoms with Gasteiger partial charge in [-0.2, -0.15) is 0 Å². The zero-order chi connectivity index (χ0) is 24.0. The molecule has 0 spiro atoms. The van der Waals surface area contributed by atoms with Crippen LogP contribution in [0.25, 0.3) is 22.4 Å². The number of amides is 2. The zero-order valence-electron chi connectivity index (χ0n) is 19.2. The van der Waals surface area contributed by atoms with Gasteiger partial charge >= 0.3 is 0 Å². The van der Waals surface area contributed by atoms with Crippen LogP contribution in [0.3, 0.4) is 0 Å². The summed E-state index contributed by atoms with van der Waals surface area (Å²) >= 11 is 6.62. The van der Waals surface area contributed by atoms with E-state index in [4.69, 9.17) is 21.3 Å². The Kier molecular flexibility index (Phi) is 6.04. The Morgan fingerprint density at radius 2 is 2.09 bits per heavy atom. The first kappa shape index (κ1) is 22.8. The van der Waals surface area contributed by atoms with Crippen LogP contribution >= 0.6 is 11.6 Å². The van der Waals surface area contributed by atoms with E-state index in [9.17, 15) is 9.59 Å². The van der Waals surface area contributed by atoms with Crippen LogP contribution in [0.1, 0.15) is 25.3 Å². The third-order valence-electron chi connectivity index (χ3n) is 6.51. The summed E-state index contributed by atoms with van der Waals surface area (Å²) in [5, 5.41) is 0.193. The van der Waals surface area contributed by atoms with Crippen molar-refractivity contribution in [3.63, 3.8) is 0 Å². The lowest BCUT2D eigenvalue weighted by Crippen LogP contribution is -2.46. The van der Waals surface area contributed by atoms with Gasteiger partial charge in [0, 0.05) is 38.7 Å². The van der Waals surface area contributed by atoms with Crippen molar-refractivity contribution in [3.05, 3.63) is 46.7 Å². The van der Waals surface area contributed by atoms with Crippen LogP contribution in [-0.2, 0) is 20.9 Å². The van der Waals surface area contributed by atoms with Gasteiger partial charge in [-0.25, -0.2) is 9.37 Å². The van der Waals surface area contributed by atoms with E-state index in [-0.39, 0.29) is 28.5 Å². The lowest BCUT2D eigenvalue weighted by atomic mass is 10.1. The highest BCUT2D eigenvalue weighted by Gasteiger charge is 2.28. The number of hydrogen-bond acceptors (Lipinski definition) is 4. The third-order valence-corrected chi connectivity index (χ3v) is 6.81. The van der Waals surface area contributed by atoms with E-state index in [1.165, 1.54) is 6.07 Å². The Bertz CT molecular complexity index is 1270. The van der Waals surface area contributed by atoms with Crippen LogP contribution in [0, 0.1) is 12.7 Å². The number of aryl methyl sites for hydroxylation is 1. The molecule has 2 aliphatic heterocycles. The number of carbonyl (C=O) groups excluding carboxylic acids is 2. The largest absolute Gasteiger partial charge is 0.373 e. The van der Waals surface area contributed by atoms with E-state index in [1.54, 1.807) is 22.8 Å². The molecule has 0 N–H and O–H groups in total. The standard InChI is InChI=1S/C25H26ClFN4O3/c1-15-5-6-22-21(10-15)28-25(31(22)14-18-13-29(16(2)32)8-9-34-18)24-19(26)11-17(12-20(24)27)30-7-3-4-23(30)33/h5-6,10-12,18H,3-4,7-9,13-14H2,1-2H3. The lowest BCUT2D eigenvalue weighted by Gasteiger charge is -2.32. The highest BCUT2D eigenvalue weighted by atomic mass is 35.5. The Hall–Kier alpha value is -2.97. The molecule has 2 amide bonds. The molecule has 5 rings (SSSR count). The summed E-state index contributed by atoms with van der Waals surface area (Å²) in [5.74, 6) is -0.174. The highest BCUT2D eigenvalue weighted by molar-refractivity contribution is 6.33. The number of rotatable bonds is 4. The maximum atomic E-state index is 15.6. The number of ether oxygens (including phenoxy) is 1. The van der Waals surface area contributed by atoms with Crippen molar-refractivity contribution in [1.82, 2.24) is 14.5 Å². The normalized spacial score (nSPS) is 18.8. The van der Waals surface area contributed by atoms with Crippen molar-refractivity contribution in [3.8, 4) is 11.4 Å². The highest BCUT2D eigenvalue weighted by Crippen LogP contribution is 2.37. The first-order valence-corrected chi connectivity index (χ1v) is 11.8. The van der Waals surface area contributed by atoms with Crippen LogP contribution in [0.5, 0.6) is 0 Å². The molecular formula is C25H26ClFN4O3. The van der Waals surface area contributed by atoms with E-state index < -0.39 is 5.82 Å². The second-order valence-corrected chi connectivity index (χ2v) is 9.34. The van der Waals surface area contributed by atoms with E-state index in [2.05, 4.69) is 0 Å². The molecule has 0 saturated carbocycles. The van der Waals surface area contributed by atoms with Gasteiger partial charge in [0.1, 0.15) is 11.6 Å². The number of nitrogens with zero attached hydrogens (tertiary/aromatic N) is 4. The topological polar surface area (TPSA) is 67.7 Å². The fourth-order valence-corrected chi connectivity index (χ4v) is 5.07. The van der Waals surface area contributed by atoms with Crippen molar-refractivity contribution in [2.24, 2.45) is 0 Å². The summed E-state index contributed by atoms with van der Waals surface area (Å²) in [6.45, 7) is 5.91. The van der Waals surface area contributed by atoms with Crippen LogP contribution in [0.2, 0.25) is 5.02 Å². The molecule has 3 heterocycles. The van der Waals surface area contributed by atoms with Crippen LogP contribution < -0.4 is 4.90 Å². The molecule has 1 aromatic heterocycles. The lowest BCUT2D eigenvalue weighted by molar-refractivity contribution is -0.136. The van der Waals surface area contributed by atoms with E-state index >= 15 is 4.39 Å². The number of aromatic nitrogens is 2. The molecule has 2 aromatic carbocycles. The monoisotopic (exact) mass is 484 g/mol. The maximum Gasteiger partial charge on any atom is 0.227 e. The van der Waals surface area contributed by atoms with Gasteiger partial charge in [0.25, 0.3) is 0 Å². The van der Waals surface area contributed by atoms with Gasteiger partial charge in [0.05, 0.1) is 40.9 Å². The third kappa shape index (κ3) is 4.16. The van der Waals surface area contributed by atoms with Crippen molar-refractivity contribution in [2.75, 3.05) is 31.1 Å². The molecule has 2 fully saturated rings. The summed E-state index contributed by atoms with van der Waals surface area (Å²) in [5.41, 5.74) is 3.24.